The van der Waals surface area contributed by atoms with E-state index < -0.39 is 11.9 Å². The zero-order valence-electron chi connectivity index (χ0n) is 10.0. The van der Waals surface area contributed by atoms with Crippen LogP contribution in [0.25, 0.3) is 0 Å². The quantitative estimate of drug-likeness (QED) is 0.844. The van der Waals surface area contributed by atoms with Gasteiger partial charge in [0.2, 0.25) is 5.91 Å². The van der Waals surface area contributed by atoms with Crippen molar-refractivity contribution in [1.29, 1.82) is 0 Å². The Labute approximate surface area is 105 Å². The van der Waals surface area contributed by atoms with E-state index in [2.05, 4.69) is 0 Å². The van der Waals surface area contributed by atoms with Crippen LogP contribution in [0.4, 0.5) is 0 Å². The van der Waals surface area contributed by atoms with E-state index in [4.69, 9.17) is 5.11 Å². The van der Waals surface area contributed by atoms with Gasteiger partial charge in [-0.2, -0.15) is 11.3 Å². The largest absolute Gasteiger partial charge is 0.481 e. The maximum atomic E-state index is 11.7. The number of nitrogens with zero attached hydrogens (tertiary/aromatic N) is 1. The van der Waals surface area contributed by atoms with Gasteiger partial charge in [0.15, 0.2) is 0 Å². The van der Waals surface area contributed by atoms with Gasteiger partial charge < -0.3 is 10.0 Å². The zero-order chi connectivity index (χ0) is 12.8. The Bertz CT molecular complexity index is 375. The molecule has 94 valence electrons. The lowest BCUT2D eigenvalue weighted by molar-refractivity contribution is -0.142. The zero-order valence-corrected chi connectivity index (χ0v) is 10.9. The van der Waals surface area contributed by atoms with E-state index in [1.807, 2.05) is 16.8 Å². The highest BCUT2D eigenvalue weighted by Crippen LogP contribution is 2.09. The molecule has 1 aromatic heterocycles. The molecule has 0 aromatic carbocycles. The van der Waals surface area contributed by atoms with E-state index in [1.54, 1.807) is 25.3 Å². The Morgan fingerprint density at radius 2 is 2.24 bits per heavy atom. The Hall–Kier alpha value is -1.36. The minimum atomic E-state index is -0.873. The summed E-state index contributed by atoms with van der Waals surface area (Å²) >= 11 is 1.61. The SMILES string of the molecule is CC(CN(C)C(=O)CCc1ccsc1)C(=O)O. The number of carbonyl (C=O) groups is 2. The van der Waals surface area contributed by atoms with Crippen molar-refractivity contribution in [2.24, 2.45) is 5.92 Å². The molecule has 5 heteroatoms. The molecule has 0 aliphatic rings. The van der Waals surface area contributed by atoms with E-state index in [0.29, 0.717) is 12.8 Å². The minimum absolute atomic E-state index is 0.00991. The molecule has 0 fully saturated rings. The highest BCUT2D eigenvalue weighted by molar-refractivity contribution is 7.07. The molecule has 17 heavy (non-hydrogen) atoms. The summed E-state index contributed by atoms with van der Waals surface area (Å²) in [6.07, 6.45) is 1.15. The maximum absolute atomic E-state index is 11.7. The number of amides is 1. The maximum Gasteiger partial charge on any atom is 0.308 e. The number of rotatable bonds is 6. The summed E-state index contributed by atoms with van der Waals surface area (Å²) in [4.78, 5) is 23.9. The van der Waals surface area contributed by atoms with Crippen LogP contribution in [0.3, 0.4) is 0 Å². The van der Waals surface area contributed by atoms with Crippen LogP contribution in [0.5, 0.6) is 0 Å². The van der Waals surface area contributed by atoms with Gasteiger partial charge in [-0.25, -0.2) is 0 Å². The molecule has 1 N–H and O–H groups in total. The normalized spacial score (nSPS) is 12.1. The van der Waals surface area contributed by atoms with E-state index in [1.165, 1.54) is 4.90 Å². The van der Waals surface area contributed by atoms with Crippen molar-refractivity contribution in [2.45, 2.75) is 19.8 Å². The lowest BCUT2D eigenvalue weighted by atomic mass is 10.1. The van der Waals surface area contributed by atoms with Crippen LogP contribution in [-0.4, -0.2) is 35.5 Å². The smallest absolute Gasteiger partial charge is 0.308 e. The Balaban J connectivity index is 2.34. The number of aliphatic carboxylic acids is 1. The van der Waals surface area contributed by atoms with E-state index in [9.17, 15) is 9.59 Å². The van der Waals surface area contributed by atoms with Crippen LogP contribution in [0.15, 0.2) is 16.8 Å². The lowest BCUT2D eigenvalue weighted by Gasteiger charge is -2.19. The molecule has 0 bridgehead atoms. The summed E-state index contributed by atoms with van der Waals surface area (Å²) in [6.45, 7) is 1.86. The monoisotopic (exact) mass is 255 g/mol. The molecule has 0 spiro atoms. The number of carbonyl (C=O) groups excluding carboxylic acids is 1. The third-order valence-corrected chi connectivity index (χ3v) is 3.33. The average molecular weight is 255 g/mol. The lowest BCUT2D eigenvalue weighted by Crippen LogP contribution is -2.33. The fourth-order valence-corrected chi connectivity index (χ4v) is 2.17. The fraction of sp³-hybridized carbons (Fsp3) is 0.500. The Morgan fingerprint density at radius 1 is 1.53 bits per heavy atom. The summed E-state index contributed by atoms with van der Waals surface area (Å²) in [6, 6.07) is 2.00. The number of hydrogen-bond donors (Lipinski definition) is 1. The number of hydrogen-bond acceptors (Lipinski definition) is 3. The Morgan fingerprint density at radius 3 is 2.76 bits per heavy atom. The molecule has 0 aliphatic heterocycles. The van der Waals surface area contributed by atoms with E-state index in [0.717, 1.165) is 5.56 Å². The van der Waals surface area contributed by atoms with E-state index in [-0.39, 0.29) is 12.5 Å². The van der Waals surface area contributed by atoms with Crippen LogP contribution < -0.4 is 0 Å². The second-order valence-corrected chi connectivity index (χ2v) is 4.93. The first-order chi connectivity index (χ1) is 8.00. The topological polar surface area (TPSA) is 57.6 Å². The summed E-state index contributed by atoms with van der Waals surface area (Å²) in [5.74, 6) is -1.41. The number of thiophene rings is 1. The number of aryl methyl sites for hydroxylation is 1. The minimum Gasteiger partial charge on any atom is -0.481 e. The molecule has 0 aliphatic carbocycles. The van der Waals surface area contributed by atoms with Crippen LogP contribution in [0.1, 0.15) is 18.9 Å². The summed E-state index contributed by atoms with van der Waals surface area (Å²) < 4.78 is 0. The molecule has 1 aromatic rings. The van der Waals surface area contributed by atoms with Crippen molar-refractivity contribution in [3.8, 4) is 0 Å². The van der Waals surface area contributed by atoms with Crippen molar-refractivity contribution in [1.82, 2.24) is 4.90 Å². The van der Waals surface area contributed by atoms with Crippen molar-refractivity contribution in [2.75, 3.05) is 13.6 Å². The molecule has 0 radical (unpaired) electrons. The standard InChI is InChI=1S/C12H17NO3S/c1-9(12(15)16)7-13(2)11(14)4-3-10-5-6-17-8-10/h5-6,8-9H,3-4,7H2,1-2H3,(H,15,16). The van der Waals surface area contributed by atoms with Gasteiger partial charge in [0.05, 0.1) is 5.92 Å². The number of carboxylic acids is 1. The predicted octanol–water partition coefficient (Wildman–Crippen LogP) is 1.86. The first-order valence-corrected chi connectivity index (χ1v) is 6.43. The first-order valence-electron chi connectivity index (χ1n) is 5.48. The van der Waals surface area contributed by atoms with Gasteiger partial charge in [-0.15, -0.1) is 0 Å². The molecular formula is C12H17NO3S. The van der Waals surface area contributed by atoms with Gasteiger partial charge in [-0.05, 0) is 28.8 Å². The van der Waals surface area contributed by atoms with Crippen molar-refractivity contribution >= 4 is 23.2 Å². The Kier molecular flexibility index (Phi) is 5.15. The third-order valence-electron chi connectivity index (χ3n) is 2.60. The second-order valence-electron chi connectivity index (χ2n) is 4.15. The predicted molar refractivity (Wildman–Crippen MR) is 67.1 cm³/mol. The number of carboxylic acid groups (broad SMARTS) is 1. The van der Waals surface area contributed by atoms with E-state index >= 15 is 0 Å². The highest BCUT2D eigenvalue weighted by Gasteiger charge is 2.17. The van der Waals surface area contributed by atoms with Crippen molar-refractivity contribution < 1.29 is 14.7 Å². The molecule has 0 saturated carbocycles. The van der Waals surface area contributed by atoms with Crippen LogP contribution in [0, 0.1) is 5.92 Å². The first kappa shape index (κ1) is 13.7. The summed E-state index contributed by atoms with van der Waals surface area (Å²) in [7, 11) is 1.65. The third kappa shape index (κ3) is 4.56. The van der Waals surface area contributed by atoms with Crippen molar-refractivity contribution in [3.05, 3.63) is 22.4 Å². The van der Waals surface area contributed by atoms with Gasteiger partial charge in [0, 0.05) is 20.0 Å². The molecular weight excluding hydrogens is 238 g/mol. The van der Waals surface area contributed by atoms with Gasteiger partial charge >= 0.3 is 5.97 Å². The molecule has 1 unspecified atom stereocenters. The van der Waals surface area contributed by atoms with Gasteiger partial charge in [-0.1, -0.05) is 6.92 Å². The molecule has 1 rings (SSSR count). The van der Waals surface area contributed by atoms with Crippen LogP contribution in [-0.2, 0) is 16.0 Å². The van der Waals surface area contributed by atoms with Gasteiger partial charge in [0.1, 0.15) is 0 Å². The molecule has 1 atom stereocenters. The van der Waals surface area contributed by atoms with Gasteiger partial charge in [0.25, 0.3) is 0 Å². The van der Waals surface area contributed by atoms with Gasteiger partial charge in [-0.3, -0.25) is 9.59 Å². The highest BCUT2D eigenvalue weighted by atomic mass is 32.1. The van der Waals surface area contributed by atoms with Crippen LogP contribution in [0.2, 0.25) is 0 Å². The fourth-order valence-electron chi connectivity index (χ4n) is 1.47. The summed E-state index contributed by atoms with van der Waals surface area (Å²) in [5.41, 5.74) is 1.16. The molecule has 1 heterocycles. The average Bonchev–Trinajstić information content (AvgIpc) is 2.78. The molecule has 0 saturated heterocycles. The molecule has 4 nitrogen and oxygen atoms in total. The van der Waals surface area contributed by atoms with Crippen molar-refractivity contribution in [3.63, 3.8) is 0 Å². The van der Waals surface area contributed by atoms with Crippen LogP contribution >= 0.6 is 11.3 Å². The summed E-state index contributed by atoms with van der Waals surface area (Å²) in [5, 5.41) is 12.8. The molecule has 1 amide bonds. The second kappa shape index (κ2) is 6.39.